The van der Waals surface area contributed by atoms with Crippen molar-refractivity contribution in [1.29, 1.82) is 0 Å². The first kappa shape index (κ1) is 14.6. The van der Waals surface area contributed by atoms with Crippen LogP contribution in [0.25, 0.3) is 0 Å². The summed E-state index contributed by atoms with van der Waals surface area (Å²) >= 11 is -0.0381. The minimum absolute atomic E-state index is 0.0381. The molecule has 1 atom stereocenters. The average Bonchev–Trinajstić information content (AvgIpc) is 2.34. The van der Waals surface area contributed by atoms with E-state index in [1.165, 1.54) is 19.3 Å². The molecule has 4 aliphatic rings. The van der Waals surface area contributed by atoms with Gasteiger partial charge in [-0.2, -0.15) is 0 Å². The summed E-state index contributed by atoms with van der Waals surface area (Å²) in [5.74, 6) is 1.28. The maximum Gasteiger partial charge on any atom is 0.356 e. The molecular formula is C14H20FO4S-. The Bertz CT molecular complexity index is 363. The number of alkyl halides is 1. The molecule has 4 aliphatic carbocycles. The highest BCUT2D eigenvalue weighted by Gasteiger charge is 2.52. The number of esters is 1. The van der Waals surface area contributed by atoms with Crippen molar-refractivity contribution in [2.75, 3.05) is 6.61 Å². The van der Waals surface area contributed by atoms with Crippen LogP contribution in [0.5, 0.6) is 0 Å². The summed E-state index contributed by atoms with van der Waals surface area (Å²) in [5.41, 5.74) is 0.0590. The van der Waals surface area contributed by atoms with Crippen molar-refractivity contribution in [2.45, 2.75) is 50.4 Å². The van der Waals surface area contributed by atoms with Crippen molar-refractivity contribution in [3.05, 3.63) is 0 Å². The minimum atomic E-state index is -2.43. The van der Waals surface area contributed by atoms with Crippen molar-refractivity contribution in [1.82, 2.24) is 0 Å². The van der Waals surface area contributed by atoms with Gasteiger partial charge in [-0.1, -0.05) is 0 Å². The lowest BCUT2D eigenvalue weighted by atomic mass is 9.50. The number of hydrogen-bond donors (Lipinski definition) is 0. The monoisotopic (exact) mass is 303 g/mol. The summed E-state index contributed by atoms with van der Waals surface area (Å²) in [6, 6.07) is 0. The first-order valence-electron chi connectivity index (χ1n) is 7.26. The molecule has 4 rings (SSSR count). The topological polar surface area (TPSA) is 58.6 Å². The number of carbonyl (C=O) groups excluding carboxylic acids is 1. The predicted molar refractivity (Wildman–Crippen MR) is 69.8 cm³/mol. The summed E-state index contributed by atoms with van der Waals surface area (Å²) in [4.78, 5) is 11.7. The van der Waals surface area contributed by atoms with Crippen LogP contribution < -0.4 is 5.26 Å². The van der Waals surface area contributed by atoms with Gasteiger partial charge in [0, 0.05) is 17.5 Å². The van der Waals surface area contributed by atoms with Gasteiger partial charge in [0.2, 0.25) is 0 Å². The van der Waals surface area contributed by atoms with Gasteiger partial charge in [0.05, 0.1) is 6.61 Å². The third kappa shape index (κ3) is 2.70. The van der Waals surface area contributed by atoms with Crippen LogP contribution in [0.4, 0.5) is 4.39 Å². The van der Waals surface area contributed by atoms with E-state index in [0.717, 1.165) is 43.9 Å². The van der Waals surface area contributed by atoms with E-state index in [4.69, 9.17) is 4.74 Å². The molecule has 20 heavy (non-hydrogen) atoms. The Kier molecular flexibility index (Phi) is 3.75. The van der Waals surface area contributed by atoms with Gasteiger partial charge in [-0.25, -0.2) is 9.18 Å². The van der Waals surface area contributed by atoms with Crippen LogP contribution in [0.15, 0.2) is 0 Å². The van der Waals surface area contributed by atoms with E-state index >= 15 is 0 Å². The Morgan fingerprint density at radius 1 is 1.30 bits per heavy atom. The molecule has 4 bridgehead atoms. The molecule has 0 amide bonds. The fourth-order valence-corrected chi connectivity index (χ4v) is 5.17. The van der Waals surface area contributed by atoms with Gasteiger partial charge in [0.25, 0.3) is 5.00 Å². The van der Waals surface area contributed by atoms with Crippen molar-refractivity contribution in [2.24, 2.45) is 23.2 Å². The van der Waals surface area contributed by atoms with E-state index in [0.29, 0.717) is 0 Å². The van der Waals surface area contributed by atoms with Gasteiger partial charge < -0.3 is 14.3 Å². The number of ether oxygens (including phenoxy) is 1. The van der Waals surface area contributed by atoms with Crippen LogP contribution >= 0.6 is 12.0 Å². The Morgan fingerprint density at radius 3 is 2.25 bits per heavy atom. The molecule has 114 valence electrons. The second-order valence-corrected chi connectivity index (χ2v) is 8.13. The summed E-state index contributed by atoms with van der Waals surface area (Å²) in [5, 5.41) is 7.56. The molecule has 4 saturated carbocycles. The molecule has 0 aromatic heterocycles. The lowest BCUT2D eigenvalue weighted by Gasteiger charge is -2.56. The summed E-state index contributed by atoms with van der Waals surface area (Å²) in [7, 11) is 0. The second-order valence-electron chi connectivity index (χ2n) is 7.06. The quantitative estimate of drug-likeness (QED) is 0.338. The van der Waals surface area contributed by atoms with Crippen molar-refractivity contribution >= 4 is 18.0 Å². The highest BCUT2D eigenvalue weighted by molar-refractivity contribution is 7.96. The fraction of sp³-hybridized carbons (Fsp3) is 0.929. The Labute approximate surface area is 122 Å². The van der Waals surface area contributed by atoms with E-state index in [2.05, 4.69) is 4.33 Å². The zero-order chi connectivity index (χ0) is 14.4. The maximum absolute atomic E-state index is 13.8. The highest BCUT2D eigenvalue weighted by Crippen LogP contribution is 2.60. The molecule has 0 saturated heterocycles. The molecule has 4 fully saturated rings. The lowest BCUT2D eigenvalue weighted by Crippen LogP contribution is -2.49. The number of halogens is 1. The predicted octanol–water partition coefficient (Wildman–Crippen LogP) is 2.37. The fourth-order valence-electron chi connectivity index (χ4n) is 4.91. The van der Waals surface area contributed by atoms with Gasteiger partial charge in [0.15, 0.2) is 0 Å². The first-order valence-corrected chi connectivity index (χ1v) is 8.00. The normalized spacial score (nSPS) is 41.5. The third-order valence-electron chi connectivity index (χ3n) is 5.23. The van der Waals surface area contributed by atoms with Crippen LogP contribution in [-0.2, 0) is 13.9 Å². The molecule has 0 aliphatic heterocycles. The molecule has 0 radical (unpaired) electrons. The molecule has 6 heteroatoms. The highest BCUT2D eigenvalue weighted by atomic mass is 32.2. The number of carbonyl (C=O) groups is 1. The first-order chi connectivity index (χ1) is 9.42. The van der Waals surface area contributed by atoms with Gasteiger partial charge in [-0.15, -0.1) is 0 Å². The molecule has 0 N–H and O–H groups in total. The summed E-state index contributed by atoms with van der Waals surface area (Å²) in [6.45, 7) is 1.28. The lowest BCUT2D eigenvalue weighted by molar-refractivity contribution is -0.630. The van der Waals surface area contributed by atoms with Crippen LogP contribution in [-0.4, -0.2) is 17.6 Å². The van der Waals surface area contributed by atoms with Gasteiger partial charge in [0.1, 0.15) is 0 Å². The SMILES string of the molecule is CC(F)(SO[O-])C(=O)OCC12CC3CC(CC(C3)C1)C2. The van der Waals surface area contributed by atoms with Crippen LogP contribution in [0, 0.1) is 23.2 Å². The van der Waals surface area contributed by atoms with Gasteiger partial charge in [-0.05, 0) is 63.2 Å². The Hall–Kier alpha value is -0.330. The van der Waals surface area contributed by atoms with E-state index < -0.39 is 11.0 Å². The molecule has 0 spiro atoms. The largest absolute Gasteiger partial charge is 0.710 e. The standard InChI is InChI=1S/C14H21FO4S/c1-13(15,20-19-17)12(16)18-8-14-5-9-2-10(6-14)4-11(3-9)7-14/h9-11,17H,2-8H2,1H3/p-1. The molecule has 1 unspecified atom stereocenters. The smallest absolute Gasteiger partial charge is 0.356 e. The van der Waals surface area contributed by atoms with Gasteiger partial charge >= 0.3 is 5.97 Å². The van der Waals surface area contributed by atoms with Crippen molar-refractivity contribution in [3.63, 3.8) is 0 Å². The number of rotatable bonds is 5. The van der Waals surface area contributed by atoms with Gasteiger partial charge in [-0.3, -0.25) is 0 Å². The number of hydrogen-bond acceptors (Lipinski definition) is 5. The van der Waals surface area contributed by atoms with Crippen LogP contribution in [0.3, 0.4) is 0 Å². The molecule has 0 heterocycles. The molecular weight excluding hydrogens is 283 g/mol. The third-order valence-corrected chi connectivity index (χ3v) is 5.78. The zero-order valence-corrected chi connectivity index (χ0v) is 12.4. The van der Waals surface area contributed by atoms with E-state index in [1.807, 2.05) is 0 Å². The van der Waals surface area contributed by atoms with Crippen LogP contribution in [0.2, 0.25) is 0 Å². The average molecular weight is 303 g/mol. The molecule has 0 aromatic rings. The molecule has 4 nitrogen and oxygen atoms in total. The summed E-state index contributed by atoms with van der Waals surface area (Å²) < 4.78 is 22.4. The Morgan fingerprint density at radius 2 is 1.80 bits per heavy atom. The van der Waals surface area contributed by atoms with Crippen LogP contribution in [0.1, 0.15) is 45.4 Å². The molecule has 0 aromatic carbocycles. The van der Waals surface area contributed by atoms with Crippen molar-refractivity contribution < 1.29 is 23.5 Å². The maximum atomic E-state index is 13.8. The summed E-state index contributed by atoms with van der Waals surface area (Å²) in [6.07, 6.45) is 7.23. The van der Waals surface area contributed by atoms with E-state index in [1.54, 1.807) is 0 Å². The minimum Gasteiger partial charge on any atom is -0.710 e. The van der Waals surface area contributed by atoms with E-state index in [9.17, 15) is 14.4 Å². The second kappa shape index (κ2) is 5.14. The van der Waals surface area contributed by atoms with E-state index in [-0.39, 0.29) is 24.1 Å². The zero-order valence-electron chi connectivity index (χ0n) is 11.6. The Balaban J connectivity index is 1.60. The van der Waals surface area contributed by atoms with Crippen molar-refractivity contribution in [3.8, 4) is 0 Å².